The Morgan fingerprint density at radius 2 is 0.947 bits per heavy atom. The maximum absolute atomic E-state index is 4.99. The highest BCUT2D eigenvalue weighted by Crippen LogP contribution is 2.08. The molecule has 0 spiro atoms. The van der Waals surface area contributed by atoms with Crippen LogP contribution in [-0.4, -0.2) is 98.4 Å². The normalized spacial score (nSPS) is 28.4. The lowest BCUT2D eigenvalue weighted by Crippen LogP contribution is -2.56. The van der Waals surface area contributed by atoms with Crippen molar-refractivity contribution < 1.29 is 0 Å². The summed E-state index contributed by atoms with van der Waals surface area (Å²) < 4.78 is 0. The lowest BCUT2D eigenvalue weighted by Gasteiger charge is -2.40. The minimum atomic E-state index is 0.350. The predicted octanol–water partition coefficient (Wildman–Crippen LogP) is -0.222. The largest absolute Gasteiger partial charge is 0.304 e. The van der Waals surface area contributed by atoms with Gasteiger partial charge in [0.1, 0.15) is 0 Å². The van der Waals surface area contributed by atoms with Gasteiger partial charge in [0, 0.05) is 52.4 Å². The SMILES string of the molecule is CC([N]C(C)N1CCN(C)CC1)N1CCN(C)CC1. The van der Waals surface area contributed by atoms with Gasteiger partial charge in [0.2, 0.25) is 0 Å². The van der Waals surface area contributed by atoms with Crippen molar-refractivity contribution in [2.45, 2.75) is 26.2 Å². The van der Waals surface area contributed by atoms with Gasteiger partial charge in [-0.05, 0) is 27.9 Å². The number of hydrogen-bond acceptors (Lipinski definition) is 4. The Morgan fingerprint density at radius 1 is 0.632 bits per heavy atom. The van der Waals surface area contributed by atoms with Gasteiger partial charge in [-0.15, -0.1) is 0 Å². The van der Waals surface area contributed by atoms with E-state index in [1.165, 1.54) is 26.2 Å². The highest BCUT2D eigenvalue weighted by Gasteiger charge is 2.25. The van der Waals surface area contributed by atoms with E-state index < -0.39 is 0 Å². The van der Waals surface area contributed by atoms with Crippen LogP contribution >= 0.6 is 0 Å². The molecule has 2 aliphatic heterocycles. The van der Waals surface area contributed by atoms with E-state index in [2.05, 4.69) is 47.5 Å². The van der Waals surface area contributed by atoms with E-state index >= 15 is 0 Å². The molecule has 19 heavy (non-hydrogen) atoms. The summed E-state index contributed by atoms with van der Waals surface area (Å²) in [5.41, 5.74) is 0. The molecular weight excluding hydrogens is 238 g/mol. The third-order valence-electron chi connectivity index (χ3n) is 4.56. The first-order valence-corrected chi connectivity index (χ1v) is 7.61. The van der Waals surface area contributed by atoms with E-state index in [1.807, 2.05) is 0 Å². The molecule has 0 N–H and O–H groups in total. The number of rotatable bonds is 4. The molecule has 2 aliphatic rings. The van der Waals surface area contributed by atoms with Crippen LogP contribution in [0, 0.1) is 0 Å². The Bertz CT molecular complexity index is 231. The second-order valence-corrected chi connectivity index (χ2v) is 6.09. The fourth-order valence-electron chi connectivity index (χ4n) is 2.89. The minimum Gasteiger partial charge on any atom is -0.304 e. The van der Waals surface area contributed by atoms with E-state index in [4.69, 9.17) is 5.32 Å². The third-order valence-corrected chi connectivity index (χ3v) is 4.56. The first kappa shape index (κ1) is 15.2. The summed E-state index contributed by atoms with van der Waals surface area (Å²) in [6.45, 7) is 13.8. The van der Waals surface area contributed by atoms with Crippen molar-refractivity contribution in [2.24, 2.45) is 0 Å². The smallest absolute Gasteiger partial charge is 0.0751 e. The minimum absolute atomic E-state index is 0.350. The molecule has 0 bridgehead atoms. The molecule has 0 aromatic heterocycles. The first-order valence-electron chi connectivity index (χ1n) is 7.61. The average molecular weight is 268 g/mol. The molecule has 5 heteroatoms. The molecule has 2 unspecified atom stereocenters. The molecule has 0 aliphatic carbocycles. The van der Waals surface area contributed by atoms with E-state index in [0.717, 1.165) is 26.2 Å². The third kappa shape index (κ3) is 4.39. The van der Waals surface area contributed by atoms with Crippen LogP contribution in [0.4, 0.5) is 0 Å². The monoisotopic (exact) mass is 268 g/mol. The average Bonchev–Trinajstić information content (AvgIpc) is 2.40. The summed E-state index contributed by atoms with van der Waals surface area (Å²) in [7, 11) is 4.40. The van der Waals surface area contributed by atoms with Gasteiger partial charge in [-0.1, -0.05) is 0 Å². The van der Waals surface area contributed by atoms with Crippen LogP contribution in [0.15, 0.2) is 0 Å². The molecule has 0 amide bonds. The highest BCUT2D eigenvalue weighted by atomic mass is 15.4. The molecule has 0 saturated carbocycles. The lowest BCUT2D eigenvalue weighted by molar-refractivity contribution is 0.0486. The molecule has 0 aromatic carbocycles. The van der Waals surface area contributed by atoms with Crippen LogP contribution in [0.1, 0.15) is 13.8 Å². The van der Waals surface area contributed by atoms with Gasteiger partial charge < -0.3 is 9.80 Å². The number of likely N-dealkylation sites (N-methyl/N-ethyl adjacent to an activating group) is 2. The van der Waals surface area contributed by atoms with Crippen LogP contribution in [0.3, 0.4) is 0 Å². The first-order chi connectivity index (χ1) is 9.06. The molecule has 5 nitrogen and oxygen atoms in total. The molecule has 111 valence electrons. The Morgan fingerprint density at radius 3 is 1.26 bits per heavy atom. The molecular formula is C14H30N5. The molecule has 2 heterocycles. The summed E-state index contributed by atoms with van der Waals surface area (Å²) in [6, 6.07) is 0. The topological polar surface area (TPSA) is 27.1 Å². The molecule has 0 aromatic rings. The van der Waals surface area contributed by atoms with Crippen molar-refractivity contribution in [3.8, 4) is 0 Å². The van der Waals surface area contributed by atoms with Crippen LogP contribution < -0.4 is 5.32 Å². The van der Waals surface area contributed by atoms with Gasteiger partial charge in [0.15, 0.2) is 0 Å². The molecule has 2 saturated heterocycles. The maximum atomic E-state index is 4.99. The quantitative estimate of drug-likeness (QED) is 0.704. The molecule has 2 fully saturated rings. The Labute approximate surface area is 118 Å². The molecule has 1 radical (unpaired) electrons. The van der Waals surface area contributed by atoms with E-state index in [9.17, 15) is 0 Å². The Balaban J connectivity index is 1.73. The van der Waals surface area contributed by atoms with E-state index in [0.29, 0.717) is 12.3 Å². The fraction of sp³-hybridized carbons (Fsp3) is 1.00. The van der Waals surface area contributed by atoms with Gasteiger partial charge in [-0.3, -0.25) is 9.80 Å². The summed E-state index contributed by atoms with van der Waals surface area (Å²) in [5.74, 6) is 0. The maximum Gasteiger partial charge on any atom is 0.0751 e. The zero-order valence-electron chi connectivity index (χ0n) is 13.0. The predicted molar refractivity (Wildman–Crippen MR) is 79.2 cm³/mol. The number of nitrogens with zero attached hydrogens (tertiary/aromatic N) is 5. The van der Waals surface area contributed by atoms with Crippen LogP contribution in [0.25, 0.3) is 0 Å². The Hall–Kier alpha value is -0.200. The van der Waals surface area contributed by atoms with Gasteiger partial charge in [0.25, 0.3) is 0 Å². The summed E-state index contributed by atoms with van der Waals surface area (Å²) in [4.78, 5) is 9.80. The Kier molecular flexibility index (Phi) is 5.59. The van der Waals surface area contributed by atoms with Gasteiger partial charge in [-0.2, -0.15) is 0 Å². The molecule has 2 rings (SSSR count). The van der Waals surface area contributed by atoms with Crippen molar-refractivity contribution in [3.63, 3.8) is 0 Å². The van der Waals surface area contributed by atoms with Crippen LogP contribution in [-0.2, 0) is 0 Å². The van der Waals surface area contributed by atoms with Crippen LogP contribution in [0.5, 0.6) is 0 Å². The lowest BCUT2D eigenvalue weighted by atomic mass is 10.2. The second kappa shape index (κ2) is 6.99. The second-order valence-electron chi connectivity index (χ2n) is 6.09. The molecule has 2 atom stereocenters. The van der Waals surface area contributed by atoms with Crippen molar-refractivity contribution >= 4 is 0 Å². The van der Waals surface area contributed by atoms with Crippen LogP contribution in [0.2, 0.25) is 0 Å². The van der Waals surface area contributed by atoms with Crippen molar-refractivity contribution in [1.82, 2.24) is 24.9 Å². The van der Waals surface area contributed by atoms with E-state index in [1.54, 1.807) is 0 Å². The van der Waals surface area contributed by atoms with Gasteiger partial charge >= 0.3 is 0 Å². The standard InChI is InChI=1S/C14H30N5/c1-13(18-9-5-16(3)6-10-18)15-14(2)19-11-7-17(4)8-12-19/h13-14H,5-12H2,1-4H3. The van der Waals surface area contributed by atoms with Crippen molar-refractivity contribution in [1.29, 1.82) is 0 Å². The highest BCUT2D eigenvalue weighted by molar-refractivity contribution is 4.78. The van der Waals surface area contributed by atoms with E-state index in [-0.39, 0.29) is 0 Å². The van der Waals surface area contributed by atoms with Crippen molar-refractivity contribution in [2.75, 3.05) is 66.5 Å². The van der Waals surface area contributed by atoms with Gasteiger partial charge in [0.05, 0.1) is 12.3 Å². The number of piperazine rings is 2. The summed E-state index contributed by atoms with van der Waals surface area (Å²) >= 11 is 0. The summed E-state index contributed by atoms with van der Waals surface area (Å²) in [6.07, 6.45) is 0.701. The zero-order chi connectivity index (χ0) is 13.8. The zero-order valence-corrected chi connectivity index (χ0v) is 13.0. The summed E-state index contributed by atoms with van der Waals surface area (Å²) in [5, 5.41) is 4.99. The van der Waals surface area contributed by atoms with Crippen molar-refractivity contribution in [3.05, 3.63) is 0 Å². The van der Waals surface area contributed by atoms with Gasteiger partial charge in [-0.25, -0.2) is 5.32 Å². The number of hydrogen-bond donors (Lipinski definition) is 0. The fourth-order valence-corrected chi connectivity index (χ4v) is 2.89.